The van der Waals surface area contributed by atoms with Crippen molar-refractivity contribution in [2.45, 2.75) is 30.7 Å². The molecule has 3 aromatic carbocycles. The molecule has 0 radical (unpaired) electrons. The van der Waals surface area contributed by atoms with E-state index in [0.717, 1.165) is 18.3 Å². The van der Waals surface area contributed by atoms with Crippen molar-refractivity contribution in [2.24, 2.45) is 10.9 Å². The Morgan fingerprint density at radius 1 is 1.06 bits per heavy atom. The molecule has 0 aliphatic carbocycles. The standard InChI is InChI=1S/C25H25N3O4S.CH4N2/c1-17-6-4-7-19(16-17)25(30)28-15-5-9-22(28)24(29)27-20-13-11-18(12-14-20)21-8-2-3-10-23(21)33(26,31)32;2-1-3/h2-4,6-8,10-14,16,22H,5,9,15H2,1H3,(H,27,29)(H2,26,31,32);1H,(H3,2,3). The van der Waals surface area contributed by atoms with E-state index in [1.807, 2.05) is 25.1 Å². The summed E-state index contributed by atoms with van der Waals surface area (Å²) in [6.07, 6.45) is 2.11. The van der Waals surface area contributed by atoms with Crippen molar-refractivity contribution in [1.82, 2.24) is 4.90 Å². The van der Waals surface area contributed by atoms with Crippen LogP contribution in [0.1, 0.15) is 28.8 Å². The molecule has 1 fully saturated rings. The van der Waals surface area contributed by atoms with Crippen molar-refractivity contribution in [3.05, 3.63) is 83.9 Å². The average Bonchev–Trinajstić information content (AvgIpc) is 3.34. The van der Waals surface area contributed by atoms with Crippen molar-refractivity contribution in [3.63, 3.8) is 0 Å². The number of aryl methyl sites for hydroxylation is 1. The summed E-state index contributed by atoms with van der Waals surface area (Å²) < 4.78 is 23.8. The maximum Gasteiger partial charge on any atom is 0.254 e. The number of anilines is 1. The molecule has 1 heterocycles. The van der Waals surface area contributed by atoms with E-state index in [9.17, 15) is 18.0 Å². The molecule has 10 heteroatoms. The molecule has 9 nitrogen and oxygen atoms in total. The monoisotopic (exact) mass is 507 g/mol. The Balaban J connectivity index is 0.00000115. The number of nitrogens with two attached hydrogens (primary N) is 2. The molecular formula is C26H29N5O4S. The molecule has 1 aliphatic heterocycles. The van der Waals surface area contributed by atoms with Crippen LogP contribution in [0.5, 0.6) is 0 Å². The second-order valence-corrected chi connectivity index (χ2v) is 9.83. The van der Waals surface area contributed by atoms with E-state index in [2.05, 4.69) is 11.1 Å². The van der Waals surface area contributed by atoms with Crippen LogP contribution in [-0.4, -0.2) is 44.1 Å². The van der Waals surface area contributed by atoms with Gasteiger partial charge in [-0.1, -0.05) is 48.0 Å². The van der Waals surface area contributed by atoms with E-state index in [-0.39, 0.29) is 16.7 Å². The van der Waals surface area contributed by atoms with Crippen molar-refractivity contribution in [1.29, 1.82) is 5.41 Å². The molecule has 1 aliphatic rings. The summed E-state index contributed by atoms with van der Waals surface area (Å²) in [6, 6.07) is 20.2. The number of carbonyl (C=O) groups is 2. The van der Waals surface area contributed by atoms with Gasteiger partial charge in [-0.25, -0.2) is 13.6 Å². The van der Waals surface area contributed by atoms with Crippen molar-refractivity contribution in [3.8, 4) is 11.1 Å². The summed E-state index contributed by atoms with van der Waals surface area (Å²) in [7, 11) is -3.87. The van der Waals surface area contributed by atoms with Gasteiger partial charge in [0.1, 0.15) is 6.04 Å². The van der Waals surface area contributed by atoms with Crippen LogP contribution in [-0.2, 0) is 14.8 Å². The van der Waals surface area contributed by atoms with Gasteiger partial charge >= 0.3 is 0 Å². The third-order valence-electron chi connectivity index (χ3n) is 5.74. The zero-order valence-corrected chi connectivity index (χ0v) is 20.7. The number of rotatable bonds is 5. The van der Waals surface area contributed by atoms with E-state index in [1.165, 1.54) is 6.07 Å². The number of hydrogen-bond donors (Lipinski definition) is 4. The second kappa shape index (κ2) is 11.6. The largest absolute Gasteiger partial charge is 0.390 e. The Bertz CT molecular complexity index is 1360. The molecule has 3 aromatic rings. The first-order chi connectivity index (χ1) is 17.2. The maximum absolute atomic E-state index is 13.0. The molecule has 0 spiro atoms. The van der Waals surface area contributed by atoms with Gasteiger partial charge in [-0.15, -0.1) is 0 Å². The van der Waals surface area contributed by atoms with Gasteiger partial charge in [-0.05, 0) is 55.7 Å². The number of carbonyl (C=O) groups excluding carboxylic acids is 2. The van der Waals surface area contributed by atoms with Crippen molar-refractivity contribution in [2.75, 3.05) is 11.9 Å². The van der Waals surface area contributed by atoms with E-state index in [4.69, 9.17) is 10.5 Å². The van der Waals surface area contributed by atoms with Crippen molar-refractivity contribution < 1.29 is 18.0 Å². The minimum atomic E-state index is -3.87. The number of nitrogens with zero attached hydrogens (tertiary/aromatic N) is 1. The fourth-order valence-corrected chi connectivity index (χ4v) is 4.90. The van der Waals surface area contributed by atoms with Crippen molar-refractivity contribution >= 4 is 33.9 Å². The fourth-order valence-electron chi connectivity index (χ4n) is 4.14. The summed E-state index contributed by atoms with van der Waals surface area (Å²) >= 11 is 0. The molecule has 0 bridgehead atoms. The lowest BCUT2D eigenvalue weighted by Gasteiger charge is -2.24. The first kappa shape index (κ1) is 26.6. The Morgan fingerprint density at radius 3 is 2.36 bits per heavy atom. The number of sulfonamides is 1. The molecule has 1 atom stereocenters. The fraction of sp³-hybridized carbons (Fsp3) is 0.192. The van der Waals surface area contributed by atoms with Crippen LogP contribution in [0.15, 0.2) is 77.7 Å². The van der Waals surface area contributed by atoms with Gasteiger partial charge in [0, 0.05) is 23.4 Å². The van der Waals surface area contributed by atoms with Gasteiger partial charge in [-0.3, -0.25) is 15.0 Å². The van der Waals surface area contributed by atoms with Gasteiger partial charge in [-0.2, -0.15) is 0 Å². The SMILES string of the molecule is Cc1cccc(C(=O)N2CCCC2C(=O)Nc2ccc(-c3ccccc3S(N)(=O)=O)cc2)c1.N=CN. The van der Waals surface area contributed by atoms with Crippen LogP contribution in [0.4, 0.5) is 5.69 Å². The van der Waals surface area contributed by atoms with Gasteiger partial charge in [0.05, 0.1) is 11.2 Å². The summed E-state index contributed by atoms with van der Waals surface area (Å²) in [5.74, 6) is -0.391. The molecule has 4 rings (SSSR count). The molecule has 36 heavy (non-hydrogen) atoms. The Labute approximate surface area is 210 Å². The first-order valence-corrected chi connectivity index (χ1v) is 12.8. The number of primary sulfonamides is 1. The maximum atomic E-state index is 13.0. The summed E-state index contributed by atoms with van der Waals surface area (Å²) in [4.78, 5) is 27.6. The highest BCUT2D eigenvalue weighted by atomic mass is 32.2. The van der Waals surface area contributed by atoms with Gasteiger partial charge in [0.15, 0.2) is 0 Å². The summed E-state index contributed by atoms with van der Waals surface area (Å²) in [5, 5.41) is 14.1. The Hall–Kier alpha value is -4.02. The first-order valence-electron chi connectivity index (χ1n) is 11.3. The molecule has 188 valence electrons. The van der Waals surface area contributed by atoms with Crippen LogP contribution in [0.3, 0.4) is 0 Å². The number of nitrogens with one attached hydrogen (secondary N) is 2. The molecule has 0 saturated carbocycles. The topological polar surface area (TPSA) is 159 Å². The van der Waals surface area contributed by atoms with E-state index in [0.29, 0.717) is 35.3 Å². The third-order valence-corrected chi connectivity index (χ3v) is 6.71. The van der Waals surface area contributed by atoms with Crippen LogP contribution in [0.2, 0.25) is 0 Å². The van der Waals surface area contributed by atoms with Crippen LogP contribution in [0.25, 0.3) is 11.1 Å². The molecule has 0 aromatic heterocycles. The summed E-state index contributed by atoms with van der Waals surface area (Å²) in [6.45, 7) is 2.46. The van der Waals surface area contributed by atoms with E-state index in [1.54, 1.807) is 53.4 Å². The van der Waals surface area contributed by atoms with E-state index >= 15 is 0 Å². The zero-order valence-electron chi connectivity index (χ0n) is 19.8. The van der Waals surface area contributed by atoms with Crippen LogP contribution < -0.4 is 16.2 Å². The lowest BCUT2D eigenvalue weighted by molar-refractivity contribution is -0.119. The van der Waals surface area contributed by atoms with Crippen LogP contribution >= 0.6 is 0 Å². The Morgan fingerprint density at radius 2 is 1.72 bits per heavy atom. The smallest absolute Gasteiger partial charge is 0.254 e. The highest BCUT2D eigenvalue weighted by Gasteiger charge is 2.34. The number of amides is 2. The predicted octanol–water partition coefficient (Wildman–Crippen LogP) is 3.10. The van der Waals surface area contributed by atoms with Gasteiger partial charge < -0.3 is 16.0 Å². The highest BCUT2D eigenvalue weighted by Crippen LogP contribution is 2.28. The minimum Gasteiger partial charge on any atom is -0.390 e. The molecule has 1 saturated heterocycles. The number of likely N-dealkylation sites (tertiary alicyclic amines) is 1. The second-order valence-electron chi connectivity index (χ2n) is 8.30. The predicted molar refractivity (Wildman–Crippen MR) is 140 cm³/mol. The zero-order chi connectivity index (χ0) is 26.3. The van der Waals surface area contributed by atoms with Gasteiger partial charge in [0.25, 0.3) is 5.91 Å². The quantitative estimate of drug-likeness (QED) is 0.308. The molecular weight excluding hydrogens is 478 g/mol. The number of benzene rings is 3. The van der Waals surface area contributed by atoms with Crippen LogP contribution in [0, 0.1) is 12.3 Å². The minimum absolute atomic E-state index is 0.0399. The molecule has 6 N–H and O–H groups in total. The normalized spacial score (nSPS) is 14.9. The lowest BCUT2D eigenvalue weighted by Crippen LogP contribution is -2.43. The molecule has 1 unspecified atom stereocenters. The average molecular weight is 508 g/mol. The summed E-state index contributed by atoms with van der Waals surface area (Å²) in [5.41, 5.74) is 7.67. The third kappa shape index (κ3) is 6.35. The molecule has 2 amide bonds. The lowest BCUT2D eigenvalue weighted by atomic mass is 10.1. The Kier molecular flexibility index (Phi) is 8.57. The number of hydrogen-bond acceptors (Lipinski definition) is 5. The van der Waals surface area contributed by atoms with E-state index < -0.39 is 16.1 Å². The van der Waals surface area contributed by atoms with Gasteiger partial charge in [0.2, 0.25) is 15.9 Å². The highest BCUT2D eigenvalue weighted by molar-refractivity contribution is 7.89.